The number of hydrogen-bond acceptors (Lipinski definition) is 3. The average Bonchev–Trinajstić information content (AvgIpc) is 2.65. The van der Waals surface area contributed by atoms with Crippen molar-refractivity contribution in [1.82, 2.24) is 15.6 Å². The second-order valence-corrected chi connectivity index (χ2v) is 5.51. The summed E-state index contributed by atoms with van der Waals surface area (Å²) in [7, 11) is 1.70. The van der Waals surface area contributed by atoms with Crippen molar-refractivity contribution >= 4 is 29.9 Å². The maximum Gasteiger partial charge on any atom is 0.218 e. The molecule has 0 unspecified atom stereocenters. The highest BCUT2D eigenvalue weighted by Gasteiger charge is 2.06. The molecule has 1 heterocycles. The van der Waals surface area contributed by atoms with E-state index >= 15 is 0 Å². The lowest BCUT2D eigenvalue weighted by atomic mass is 10.1. The lowest BCUT2D eigenvalue weighted by Crippen LogP contribution is -2.38. The van der Waals surface area contributed by atoms with Gasteiger partial charge in [-0.2, -0.15) is 0 Å². The van der Waals surface area contributed by atoms with Crippen LogP contribution < -0.4 is 15.4 Å². The van der Waals surface area contributed by atoms with Gasteiger partial charge in [0.05, 0.1) is 6.61 Å². The molecule has 1 aromatic heterocycles. The summed E-state index contributed by atoms with van der Waals surface area (Å²) in [6.07, 6.45) is 3.24. The maximum absolute atomic E-state index is 13.6. The van der Waals surface area contributed by atoms with Gasteiger partial charge in [-0.05, 0) is 30.5 Å². The van der Waals surface area contributed by atoms with Crippen molar-refractivity contribution in [1.29, 1.82) is 0 Å². The van der Waals surface area contributed by atoms with Crippen molar-refractivity contribution in [3.05, 3.63) is 59.5 Å². The van der Waals surface area contributed by atoms with E-state index in [0.29, 0.717) is 43.5 Å². The number of guanidine groups is 1. The van der Waals surface area contributed by atoms with E-state index in [9.17, 15) is 4.39 Å². The molecule has 1 aromatic carbocycles. The van der Waals surface area contributed by atoms with E-state index in [1.165, 1.54) is 6.07 Å². The first-order valence-electron chi connectivity index (χ1n) is 8.49. The molecular weight excluding hydrogens is 446 g/mol. The first-order chi connectivity index (χ1) is 12.2. The lowest BCUT2D eigenvalue weighted by molar-refractivity contribution is 0.301. The molecule has 0 saturated heterocycles. The zero-order valence-electron chi connectivity index (χ0n) is 15.2. The van der Waals surface area contributed by atoms with E-state index in [1.54, 1.807) is 25.4 Å². The normalized spacial score (nSPS) is 10.8. The van der Waals surface area contributed by atoms with Gasteiger partial charge in [0.2, 0.25) is 5.88 Å². The van der Waals surface area contributed by atoms with Crippen LogP contribution in [0.4, 0.5) is 4.39 Å². The van der Waals surface area contributed by atoms with Gasteiger partial charge in [0, 0.05) is 31.9 Å². The number of pyridine rings is 1. The van der Waals surface area contributed by atoms with E-state index in [2.05, 4.69) is 27.5 Å². The van der Waals surface area contributed by atoms with E-state index in [1.807, 2.05) is 18.2 Å². The molecule has 26 heavy (non-hydrogen) atoms. The zero-order chi connectivity index (χ0) is 17.9. The van der Waals surface area contributed by atoms with Crippen LogP contribution in [0.15, 0.2) is 47.6 Å². The Kier molecular flexibility index (Phi) is 10.6. The van der Waals surface area contributed by atoms with Gasteiger partial charge in [0.1, 0.15) is 5.82 Å². The highest BCUT2D eigenvalue weighted by molar-refractivity contribution is 14.0. The Balaban J connectivity index is 0.00000338. The van der Waals surface area contributed by atoms with Gasteiger partial charge in [-0.15, -0.1) is 24.0 Å². The minimum absolute atomic E-state index is 0. The fourth-order valence-corrected chi connectivity index (χ4v) is 2.30. The van der Waals surface area contributed by atoms with Crippen LogP contribution >= 0.6 is 24.0 Å². The summed E-state index contributed by atoms with van der Waals surface area (Å²) in [5.74, 6) is 1.11. The topological polar surface area (TPSA) is 58.5 Å². The average molecular weight is 472 g/mol. The number of ether oxygens (including phenoxy) is 1. The quantitative estimate of drug-likeness (QED) is 0.351. The van der Waals surface area contributed by atoms with Crippen LogP contribution in [-0.4, -0.2) is 31.1 Å². The van der Waals surface area contributed by atoms with Crippen molar-refractivity contribution in [3.63, 3.8) is 0 Å². The number of hydrogen-bond donors (Lipinski definition) is 2. The van der Waals surface area contributed by atoms with Crippen molar-refractivity contribution in [3.8, 4) is 5.88 Å². The van der Waals surface area contributed by atoms with Gasteiger partial charge in [-0.25, -0.2) is 9.37 Å². The smallest absolute Gasteiger partial charge is 0.218 e. The first kappa shape index (κ1) is 22.1. The van der Waals surface area contributed by atoms with E-state index < -0.39 is 0 Å². The summed E-state index contributed by atoms with van der Waals surface area (Å²) in [4.78, 5) is 8.46. The van der Waals surface area contributed by atoms with Gasteiger partial charge in [-0.3, -0.25) is 4.99 Å². The Hall–Kier alpha value is -1.90. The Labute approximate surface area is 171 Å². The molecule has 2 N–H and O–H groups in total. The molecule has 0 atom stereocenters. The molecule has 2 rings (SSSR count). The number of aliphatic imine (C=N–C) groups is 1. The highest BCUT2D eigenvalue weighted by atomic mass is 127. The van der Waals surface area contributed by atoms with Crippen LogP contribution in [0.25, 0.3) is 0 Å². The third-order valence-corrected chi connectivity index (χ3v) is 3.61. The molecule has 0 aliphatic carbocycles. The second kappa shape index (κ2) is 12.5. The maximum atomic E-state index is 13.6. The van der Waals surface area contributed by atoms with Gasteiger partial charge in [0.15, 0.2) is 5.96 Å². The molecule has 5 nitrogen and oxygen atoms in total. The summed E-state index contributed by atoms with van der Waals surface area (Å²) < 4.78 is 19.3. The van der Waals surface area contributed by atoms with Crippen LogP contribution in [0.5, 0.6) is 5.88 Å². The fraction of sp³-hybridized carbons (Fsp3) is 0.368. The Morgan fingerprint density at radius 2 is 1.92 bits per heavy atom. The lowest BCUT2D eigenvalue weighted by Gasteiger charge is -2.14. The van der Waals surface area contributed by atoms with Crippen molar-refractivity contribution in [2.75, 3.05) is 20.2 Å². The van der Waals surface area contributed by atoms with Gasteiger partial charge >= 0.3 is 0 Å². The summed E-state index contributed by atoms with van der Waals surface area (Å²) in [6.45, 7) is 3.83. The third-order valence-electron chi connectivity index (χ3n) is 3.61. The van der Waals surface area contributed by atoms with E-state index in [-0.39, 0.29) is 29.8 Å². The van der Waals surface area contributed by atoms with Crippen LogP contribution in [0, 0.1) is 5.82 Å². The number of halogens is 2. The summed E-state index contributed by atoms with van der Waals surface area (Å²) in [5.41, 5.74) is 1.65. The van der Waals surface area contributed by atoms with Crippen molar-refractivity contribution in [2.45, 2.75) is 26.3 Å². The second-order valence-electron chi connectivity index (χ2n) is 5.51. The molecule has 142 valence electrons. The molecule has 0 spiro atoms. The molecular formula is C19H26FIN4O. The van der Waals surface area contributed by atoms with Crippen LogP contribution in [-0.2, 0) is 13.0 Å². The van der Waals surface area contributed by atoms with Gasteiger partial charge in [0.25, 0.3) is 0 Å². The van der Waals surface area contributed by atoms with Crippen molar-refractivity contribution < 1.29 is 9.13 Å². The van der Waals surface area contributed by atoms with E-state index in [0.717, 1.165) is 12.0 Å². The predicted molar refractivity (Wildman–Crippen MR) is 114 cm³/mol. The zero-order valence-corrected chi connectivity index (χ0v) is 17.5. The number of rotatable bonds is 8. The third kappa shape index (κ3) is 7.15. The van der Waals surface area contributed by atoms with Crippen molar-refractivity contribution in [2.24, 2.45) is 4.99 Å². The van der Waals surface area contributed by atoms with Crippen LogP contribution in [0.1, 0.15) is 24.5 Å². The Morgan fingerprint density at radius 3 is 2.65 bits per heavy atom. The molecule has 0 bridgehead atoms. The number of nitrogens with zero attached hydrogens (tertiary/aromatic N) is 2. The molecule has 0 saturated carbocycles. The largest absolute Gasteiger partial charge is 0.477 e. The van der Waals surface area contributed by atoms with Crippen LogP contribution in [0.2, 0.25) is 0 Å². The molecule has 0 amide bonds. The standard InChI is InChI=1S/C19H25FN4O.HI/c1-3-13-25-18-16(8-6-11-22-18)14-24-19(21-2)23-12-10-15-7-4-5-9-17(15)20;/h4-9,11H,3,10,12-14H2,1-2H3,(H2,21,23,24);1H. The number of benzene rings is 1. The number of aromatic nitrogens is 1. The molecule has 0 fully saturated rings. The molecule has 0 aliphatic heterocycles. The summed E-state index contributed by atoms with van der Waals surface area (Å²) >= 11 is 0. The molecule has 0 radical (unpaired) electrons. The number of nitrogens with one attached hydrogen (secondary N) is 2. The van der Waals surface area contributed by atoms with Gasteiger partial charge < -0.3 is 15.4 Å². The monoisotopic (exact) mass is 472 g/mol. The summed E-state index contributed by atoms with van der Waals surface area (Å²) in [5, 5.41) is 6.42. The molecule has 7 heteroatoms. The minimum atomic E-state index is -0.180. The molecule has 2 aromatic rings. The minimum Gasteiger partial charge on any atom is -0.477 e. The Bertz CT molecular complexity index is 697. The first-order valence-corrected chi connectivity index (χ1v) is 8.49. The predicted octanol–water partition coefficient (Wildman–Crippen LogP) is 3.54. The fourth-order valence-electron chi connectivity index (χ4n) is 2.30. The van der Waals surface area contributed by atoms with E-state index in [4.69, 9.17) is 4.74 Å². The molecule has 0 aliphatic rings. The van der Waals surface area contributed by atoms with Crippen LogP contribution in [0.3, 0.4) is 0 Å². The SMILES string of the molecule is CCCOc1ncccc1CNC(=NC)NCCc1ccccc1F.I. The summed E-state index contributed by atoms with van der Waals surface area (Å²) in [6, 6.07) is 10.6. The Morgan fingerprint density at radius 1 is 1.15 bits per heavy atom. The van der Waals surface area contributed by atoms with Gasteiger partial charge in [-0.1, -0.05) is 31.2 Å². The highest BCUT2D eigenvalue weighted by Crippen LogP contribution is 2.14.